The average molecular weight is 723 g/mol. The van der Waals surface area contributed by atoms with Crippen molar-refractivity contribution in [2.45, 2.75) is 68.5 Å². The van der Waals surface area contributed by atoms with Crippen LogP contribution in [0.1, 0.15) is 70.7 Å². The maximum absolute atomic E-state index is 14.8. The zero-order chi connectivity index (χ0) is 37.8. The van der Waals surface area contributed by atoms with Gasteiger partial charge >= 0.3 is 11.7 Å². The number of Topliss-reactive ketones (excluding diaryl/α,β-unsaturated/α-hetero) is 3. The number of aromatic nitrogens is 1. The highest BCUT2D eigenvalue weighted by Crippen LogP contribution is 2.56. The summed E-state index contributed by atoms with van der Waals surface area (Å²) in [5, 5.41) is 56.5. The van der Waals surface area contributed by atoms with E-state index in [1.807, 2.05) is 0 Å². The van der Waals surface area contributed by atoms with E-state index < -0.39 is 123 Å². The molecular weight excluding hydrogens is 688 g/mol. The van der Waals surface area contributed by atoms with Gasteiger partial charge in [-0.25, -0.2) is 9.59 Å². The largest absolute Gasteiger partial charge is 0.507 e. The molecule has 5 N–H and O–H groups in total. The number of carbonyl (C=O) groups excluding carboxylic acids is 4. The Bertz CT molecular complexity index is 2210. The second-order valence-electron chi connectivity index (χ2n) is 13.3. The van der Waals surface area contributed by atoms with Gasteiger partial charge in [0.05, 0.1) is 60.3 Å². The summed E-state index contributed by atoms with van der Waals surface area (Å²) in [4.78, 5) is 77.7. The molecule has 1 aromatic heterocycles. The number of nitrogens with zero attached hydrogens (tertiary/aromatic N) is 2. The van der Waals surface area contributed by atoms with Crippen LogP contribution in [-0.2, 0) is 37.4 Å². The van der Waals surface area contributed by atoms with Crippen molar-refractivity contribution in [3.05, 3.63) is 67.3 Å². The van der Waals surface area contributed by atoms with E-state index in [0.717, 1.165) is 20.3 Å². The maximum atomic E-state index is 14.8. The van der Waals surface area contributed by atoms with Crippen LogP contribution >= 0.6 is 0 Å². The van der Waals surface area contributed by atoms with Crippen LogP contribution in [-0.4, -0.2) is 124 Å². The Morgan fingerprint density at radius 2 is 1.81 bits per heavy atom. The topological polar surface area (TPSA) is 262 Å². The summed E-state index contributed by atoms with van der Waals surface area (Å²) in [5.74, 6) is -7.55. The number of aliphatic imine (C=N–C) groups is 1. The van der Waals surface area contributed by atoms with Gasteiger partial charge in [-0.15, -0.1) is 0 Å². The first-order valence-corrected chi connectivity index (χ1v) is 16.2. The lowest BCUT2D eigenvalue weighted by molar-refractivity contribution is -0.206. The first kappa shape index (κ1) is 35.6. The third kappa shape index (κ3) is 4.44. The molecule has 0 saturated carbocycles. The Morgan fingerprint density at radius 1 is 1.10 bits per heavy atom. The summed E-state index contributed by atoms with van der Waals surface area (Å²) < 4.78 is 27.0. The molecule has 52 heavy (non-hydrogen) atoms. The Balaban J connectivity index is 1.47. The van der Waals surface area contributed by atoms with Crippen LogP contribution in [0.3, 0.4) is 0 Å². The number of phenolic OH excluding ortho intramolecular Hbond substituents is 1. The lowest BCUT2D eigenvalue weighted by Gasteiger charge is -2.52. The molecule has 1 aliphatic heterocycles. The highest BCUT2D eigenvalue weighted by Gasteiger charge is 2.72. The third-order valence-electron chi connectivity index (χ3n) is 10.8. The molecule has 0 unspecified atom stereocenters. The maximum Gasteiger partial charge on any atom is 0.439 e. The molecule has 7 rings (SSSR count). The predicted octanol–water partition coefficient (Wildman–Crippen LogP) is -0.533. The number of methoxy groups -OCH3 is 3. The van der Waals surface area contributed by atoms with Gasteiger partial charge in [-0.3, -0.25) is 19.4 Å². The quantitative estimate of drug-likeness (QED) is 0.207. The SMILES string of the molecule is COC(=O)c1c(C)cc2c(c1O)[C@]1(O)C(=O)c3cc4c5c(nc(=O)oc5c3C(=O)[C@]1(OC)[C@H](O)C2)CC(=N[C@H]1O[C@@H](C)[C@H](OC)[C@@H](O)[C@H]1CO)C4=O. The Hall–Kier alpha value is -4.75. The number of phenols is 1. The number of benzene rings is 2. The molecule has 1 fully saturated rings. The van der Waals surface area contributed by atoms with E-state index in [1.54, 1.807) is 6.92 Å². The van der Waals surface area contributed by atoms with Crippen molar-refractivity contribution in [1.29, 1.82) is 0 Å². The highest BCUT2D eigenvalue weighted by molar-refractivity contribution is 6.50. The van der Waals surface area contributed by atoms with E-state index in [1.165, 1.54) is 20.1 Å². The van der Waals surface area contributed by atoms with Gasteiger partial charge in [-0.2, -0.15) is 4.98 Å². The number of aryl methyl sites for hydroxylation is 1. The van der Waals surface area contributed by atoms with Crippen molar-refractivity contribution in [3.8, 4) is 5.75 Å². The molecule has 0 bridgehead atoms. The number of ether oxygens (including phenoxy) is 4. The van der Waals surface area contributed by atoms with Crippen molar-refractivity contribution in [2.75, 3.05) is 27.9 Å². The van der Waals surface area contributed by atoms with Crippen LogP contribution in [0.2, 0.25) is 0 Å². The average Bonchev–Trinajstić information content (AvgIpc) is 3.08. The second kappa shape index (κ2) is 12.2. The molecule has 1 saturated heterocycles. The third-order valence-corrected chi connectivity index (χ3v) is 10.8. The van der Waals surface area contributed by atoms with Crippen LogP contribution < -0.4 is 5.76 Å². The minimum atomic E-state index is -3.21. The number of fused-ring (bicyclic) bond motifs is 5. The number of aliphatic hydroxyl groups excluding tert-OH is 3. The number of aliphatic hydroxyl groups is 4. The number of hydrogen-bond donors (Lipinski definition) is 5. The lowest BCUT2D eigenvalue weighted by Crippen LogP contribution is -2.73. The van der Waals surface area contributed by atoms with Crippen LogP contribution in [0.25, 0.3) is 11.0 Å². The summed E-state index contributed by atoms with van der Waals surface area (Å²) in [5.41, 5.74) is -9.26. The fraction of sp³-hybridized carbons (Fsp3) is 0.457. The van der Waals surface area contributed by atoms with Crippen molar-refractivity contribution in [3.63, 3.8) is 0 Å². The number of ketones is 3. The fourth-order valence-corrected chi connectivity index (χ4v) is 8.36. The minimum absolute atomic E-state index is 0.0126. The number of aromatic hydroxyl groups is 1. The van der Waals surface area contributed by atoms with Gasteiger partial charge in [-0.05, 0) is 31.0 Å². The summed E-state index contributed by atoms with van der Waals surface area (Å²) in [6.07, 6.45) is -6.77. The molecule has 3 aliphatic carbocycles. The smallest absolute Gasteiger partial charge is 0.439 e. The van der Waals surface area contributed by atoms with E-state index >= 15 is 0 Å². The summed E-state index contributed by atoms with van der Waals surface area (Å²) in [7, 11) is 3.37. The van der Waals surface area contributed by atoms with E-state index in [9.17, 15) is 49.5 Å². The zero-order valence-electron chi connectivity index (χ0n) is 28.5. The molecule has 17 heteroatoms. The molecule has 8 atom stereocenters. The zero-order valence-corrected chi connectivity index (χ0v) is 28.5. The van der Waals surface area contributed by atoms with Gasteiger partial charge in [-0.1, -0.05) is 6.07 Å². The highest BCUT2D eigenvalue weighted by atomic mass is 16.6. The lowest BCUT2D eigenvalue weighted by atomic mass is 9.56. The normalized spacial score (nSPS) is 31.7. The van der Waals surface area contributed by atoms with E-state index in [4.69, 9.17) is 23.4 Å². The van der Waals surface area contributed by atoms with Crippen molar-refractivity contribution in [1.82, 2.24) is 4.98 Å². The molecule has 0 amide bonds. The van der Waals surface area contributed by atoms with Crippen LogP contribution in [0, 0.1) is 12.8 Å². The summed E-state index contributed by atoms with van der Waals surface area (Å²) >= 11 is 0. The predicted molar refractivity (Wildman–Crippen MR) is 174 cm³/mol. The molecule has 3 aromatic rings. The summed E-state index contributed by atoms with van der Waals surface area (Å²) in [6, 6.07) is 2.34. The Morgan fingerprint density at radius 3 is 2.44 bits per heavy atom. The van der Waals surface area contributed by atoms with Crippen molar-refractivity contribution >= 4 is 40.0 Å². The standard InChI is InChI=1S/C35H34N2O15/c1-11-6-13-7-19(39)35(50-5)30(44)22-15(29(43)34(35,47)23(13)26(42)20(11)32(45)49-4)8-14-21-17(37-33(46)52-28(21)22)9-18(24(14)40)36-31-16(10-38)25(41)27(48-3)12(2)51-31/h6,8,12,16,19,25,27,31,38-39,41-42,47H,7,9-10H2,1-5H3/t12-,16+,19+,25-,27-,31-,34-,35+/m0/s1. The van der Waals surface area contributed by atoms with Gasteiger partial charge in [0, 0.05) is 43.8 Å². The second-order valence-corrected chi connectivity index (χ2v) is 13.3. The summed E-state index contributed by atoms with van der Waals surface area (Å²) in [6.45, 7) is 2.47. The monoisotopic (exact) mass is 722 g/mol. The number of hydrogen-bond acceptors (Lipinski definition) is 17. The Kier molecular flexibility index (Phi) is 8.33. The molecular formula is C35H34N2O15. The number of rotatable bonds is 5. The molecule has 4 aliphatic rings. The Labute approximate surface area is 293 Å². The molecule has 2 heterocycles. The molecule has 274 valence electrons. The van der Waals surface area contributed by atoms with E-state index in [2.05, 4.69) is 9.98 Å². The van der Waals surface area contributed by atoms with Crippen LogP contribution in [0.15, 0.2) is 26.3 Å². The van der Waals surface area contributed by atoms with Gasteiger partial charge in [0.25, 0.3) is 0 Å². The number of esters is 1. The van der Waals surface area contributed by atoms with Gasteiger partial charge in [0.1, 0.15) is 17.4 Å². The van der Waals surface area contributed by atoms with Gasteiger partial charge in [0.2, 0.25) is 17.3 Å². The molecule has 17 nitrogen and oxygen atoms in total. The van der Waals surface area contributed by atoms with Crippen LogP contribution in [0.5, 0.6) is 5.75 Å². The molecule has 0 spiro atoms. The molecule has 0 radical (unpaired) electrons. The van der Waals surface area contributed by atoms with Crippen molar-refractivity contribution in [2.24, 2.45) is 10.9 Å². The molecule has 2 aromatic carbocycles. The minimum Gasteiger partial charge on any atom is -0.507 e. The van der Waals surface area contributed by atoms with Gasteiger partial charge in [0.15, 0.2) is 23.0 Å². The first-order chi connectivity index (χ1) is 24.6. The van der Waals surface area contributed by atoms with E-state index in [0.29, 0.717) is 0 Å². The first-order valence-electron chi connectivity index (χ1n) is 16.2. The number of carbonyl (C=O) groups is 4. The van der Waals surface area contributed by atoms with Crippen molar-refractivity contribution < 1.29 is 68.1 Å². The van der Waals surface area contributed by atoms with Crippen LogP contribution in [0.4, 0.5) is 0 Å². The van der Waals surface area contributed by atoms with Gasteiger partial charge < -0.3 is 48.9 Å². The fourth-order valence-electron chi connectivity index (χ4n) is 8.36. The van der Waals surface area contributed by atoms with E-state index in [-0.39, 0.29) is 39.9 Å².